The van der Waals surface area contributed by atoms with Crippen molar-refractivity contribution in [1.29, 1.82) is 0 Å². The van der Waals surface area contributed by atoms with Crippen LogP contribution in [0.2, 0.25) is 0 Å². The molecule has 0 fully saturated rings. The van der Waals surface area contributed by atoms with Crippen LogP contribution in [-0.2, 0) is 0 Å². The molecular formula is C16H12O. The van der Waals surface area contributed by atoms with Gasteiger partial charge in [-0.1, -0.05) is 48.4 Å². The highest BCUT2D eigenvalue weighted by molar-refractivity contribution is 6.09. The van der Waals surface area contributed by atoms with Crippen molar-refractivity contribution in [3.05, 3.63) is 71.3 Å². The van der Waals surface area contributed by atoms with E-state index in [9.17, 15) is 4.79 Å². The van der Waals surface area contributed by atoms with Gasteiger partial charge in [-0.3, -0.25) is 4.79 Å². The summed E-state index contributed by atoms with van der Waals surface area (Å²) in [7, 11) is 0. The van der Waals surface area contributed by atoms with Crippen molar-refractivity contribution < 1.29 is 4.79 Å². The van der Waals surface area contributed by atoms with Crippen LogP contribution in [0.15, 0.2) is 54.6 Å². The molecule has 0 spiro atoms. The number of carbonyl (C=O) groups is 1. The van der Waals surface area contributed by atoms with Crippen LogP contribution in [0.5, 0.6) is 0 Å². The van der Waals surface area contributed by atoms with E-state index in [2.05, 4.69) is 11.8 Å². The van der Waals surface area contributed by atoms with Crippen LogP contribution >= 0.6 is 0 Å². The van der Waals surface area contributed by atoms with Crippen LogP contribution in [0, 0.1) is 11.8 Å². The van der Waals surface area contributed by atoms with Gasteiger partial charge in [-0.15, -0.1) is 5.92 Å². The van der Waals surface area contributed by atoms with E-state index in [1.54, 1.807) is 6.92 Å². The van der Waals surface area contributed by atoms with E-state index in [-0.39, 0.29) is 5.78 Å². The van der Waals surface area contributed by atoms with Crippen molar-refractivity contribution in [1.82, 2.24) is 0 Å². The maximum atomic E-state index is 12.2. The molecule has 82 valence electrons. The van der Waals surface area contributed by atoms with E-state index in [4.69, 9.17) is 0 Å². The lowest BCUT2D eigenvalue weighted by atomic mass is 10.0. The van der Waals surface area contributed by atoms with Gasteiger partial charge in [-0.05, 0) is 19.1 Å². The van der Waals surface area contributed by atoms with Gasteiger partial charge < -0.3 is 0 Å². The fourth-order valence-electron chi connectivity index (χ4n) is 1.64. The van der Waals surface area contributed by atoms with Crippen LogP contribution in [-0.4, -0.2) is 5.78 Å². The summed E-state index contributed by atoms with van der Waals surface area (Å²) in [5.74, 6) is 5.81. The highest BCUT2D eigenvalue weighted by Crippen LogP contribution is 2.11. The fraction of sp³-hybridized carbons (Fsp3) is 0.0625. The zero-order valence-electron chi connectivity index (χ0n) is 9.60. The predicted molar refractivity (Wildman–Crippen MR) is 68.9 cm³/mol. The minimum absolute atomic E-state index is 0.0327. The van der Waals surface area contributed by atoms with Gasteiger partial charge in [0.2, 0.25) is 0 Å². The third-order valence-corrected chi connectivity index (χ3v) is 2.43. The van der Waals surface area contributed by atoms with Gasteiger partial charge >= 0.3 is 0 Å². The van der Waals surface area contributed by atoms with Gasteiger partial charge in [-0.2, -0.15) is 0 Å². The molecule has 2 rings (SSSR count). The largest absolute Gasteiger partial charge is 0.289 e. The Morgan fingerprint density at radius 2 is 1.65 bits per heavy atom. The summed E-state index contributed by atoms with van der Waals surface area (Å²) < 4.78 is 0. The molecule has 1 heteroatoms. The van der Waals surface area contributed by atoms with Crippen LogP contribution in [0.4, 0.5) is 0 Å². The van der Waals surface area contributed by atoms with E-state index in [1.165, 1.54) is 0 Å². The molecule has 0 aliphatic heterocycles. The number of ketones is 1. The highest BCUT2D eigenvalue weighted by atomic mass is 16.1. The summed E-state index contributed by atoms with van der Waals surface area (Å²) in [6.45, 7) is 1.78. The highest BCUT2D eigenvalue weighted by Gasteiger charge is 2.07. The smallest absolute Gasteiger partial charge is 0.193 e. The Morgan fingerprint density at radius 1 is 0.941 bits per heavy atom. The number of carbonyl (C=O) groups excluding carboxylic acids is 1. The summed E-state index contributed by atoms with van der Waals surface area (Å²) in [6.07, 6.45) is 0. The average molecular weight is 220 g/mol. The molecule has 0 saturated heterocycles. The Bertz CT molecular complexity index is 586. The van der Waals surface area contributed by atoms with Crippen molar-refractivity contribution in [2.75, 3.05) is 0 Å². The van der Waals surface area contributed by atoms with Gasteiger partial charge in [0.05, 0.1) is 0 Å². The number of hydrogen-bond acceptors (Lipinski definition) is 1. The topological polar surface area (TPSA) is 17.1 Å². The summed E-state index contributed by atoms with van der Waals surface area (Å²) in [5, 5.41) is 0. The predicted octanol–water partition coefficient (Wildman–Crippen LogP) is 3.29. The Kier molecular flexibility index (Phi) is 3.37. The van der Waals surface area contributed by atoms with Gasteiger partial charge in [0.25, 0.3) is 0 Å². The Morgan fingerprint density at radius 3 is 2.35 bits per heavy atom. The average Bonchev–Trinajstić information content (AvgIpc) is 2.40. The summed E-state index contributed by atoms with van der Waals surface area (Å²) in [6, 6.07) is 16.7. The van der Waals surface area contributed by atoms with Crippen molar-refractivity contribution >= 4 is 5.78 Å². The lowest BCUT2D eigenvalue weighted by Crippen LogP contribution is -2.00. The SMILES string of the molecule is CC#Cc1cccc(C(=O)c2ccccc2)c1. The standard InChI is InChI=1S/C16H12O/c1-2-7-13-8-6-11-15(12-13)16(17)14-9-4-3-5-10-14/h3-6,8-12H,1H3. The number of hydrogen-bond donors (Lipinski definition) is 0. The molecule has 0 atom stereocenters. The third-order valence-electron chi connectivity index (χ3n) is 2.43. The van der Waals surface area contributed by atoms with Gasteiger partial charge in [0, 0.05) is 16.7 Å². The number of rotatable bonds is 2. The second-order valence-electron chi connectivity index (χ2n) is 3.65. The maximum Gasteiger partial charge on any atom is 0.193 e. The minimum atomic E-state index is 0.0327. The first-order chi connectivity index (χ1) is 8.31. The zero-order chi connectivity index (χ0) is 12.1. The van der Waals surface area contributed by atoms with E-state index >= 15 is 0 Å². The molecule has 1 nitrogen and oxygen atoms in total. The van der Waals surface area contributed by atoms with Crippen molar-refractivity contribution in [2.45, 2.75) is 6.92 Å². The van der Waals surface area contributed by atoms with E-state index in [0.29, 0.717) is 11.1 Å². The normalized spacial score (nSPS) is 9.24. The number of benzene rings is 2. The molecular weight excluding hydrogens is 208 g/mol. The molecule has 0 unspecified atom stereocenters. The Balaban J connectivity index is 2.37. The van der Waals surface area contributed by atoms with Crippen LogP contribution in [0.1, 0.15) is 28.4 Å². The molecule has 0 N–H and O–H groups in total. The van der Waals surface area contributed by atoms with Crippen molar-refractivity contribution in [3.63, 3.8) is 0 Å². The third kappa shape index (κ3) is 2.62. The van der Waals surface area contributed by atoms with Crippen LogP contribution in [0.3, 0.4) is 0 Å². The summed E-state index contributed by atoms with van der Waals surface area (Å²) in [5.41, 5.74) is 2.25. The first kappa shape index (κ1) is 11.2. The van der Waals surface area contributed by atoms with E-state index in [1.807, 2.05) is 54.6 Å². The molecule has 17 heavy (non-hydrogen) atoms. The molecule has 0 amide bonds. The molecule has 0 aliphatic rings. The molecule has 0 aromatic heterocycles. The van der Waals surface area contributed by atoms with E-state index in [0.717, 1.165) is 5.56 Å². The summed E-state index contributed by atoms with van der Waals surface area (Å²) >= 11 is 0. The van der Waals surface area contributed by atoms with Crippen LogP contribution < -0.4 is 0 Å². The van der Waals surface area contributed by atoms with Crippen LogP contribution in [0.25, 0.3) is 0 Å². The lowest BCUT2D eigenvalue weighted by molar-refractivity contribution is 0.103. The maximum absolute atomic E-state index is 12.2. The zero-order valence-corrected chi connectivity index (χ0v) is 9.60. The Hall–Kier alpha value is -2.33. The van der Waals surface area contributed by atoms with Crippen molar-refractivity contribution in [3.8, 4) is 11.8 Å². The molecule has 2 aromatic rings. The Labute approximate surface area is 101 Å². The summed E-state index contributed by atoms with van der Waals surface area (Å²) in [4.78, 5) is 12.2. The molecule has 0 saturated carbocycles. The fourth-order valence-corrected chi connectivity index (χ4v) is 1.64. The molecule has 0 aliphatic carbocycles. The molecule has 0 heterocycles. The van der Waals surface area contributed by atoms with Gasteiger partial charge in [0.15, 0.2) is 5.78 Å². The minimum Gasteiger partial charge on any atom is -0.289 e. The monoisotopic (exact) mass is 220 g/mol. The first-order valence-electron chi connectivity index (χ1n) is 5.44. The second kappa shape index (κ2) is 5.14. The lowest BCUT2D eigenvalue weighted by Gasteiger charge is -2.01. The van der Waals surface area contributed by atoms with Gasteiger partial charge in [0.1, 0.15) is 0 Å². The molecule has 2 aromatic carbocycles. The van der Waals surface area contributed by atoms with E-state index < -0.39 is 0 Å². The quantitative estimate of drug-likeness (QED) is 0.560. The molecule has 0 bridgehead atoms. The van der Waals surface area contributed by atoms with Gasteiger partial charge in [-0.25, -0.2) is 0 Å². The second-order valence-corrected chi connectivity index (χ2v) is 3.65. The molecule has 0 radical (unpaired) electrons. The first-order valence-corrected chi connectivity index (χ1v) is 5.44. The van der Waals surface area contributed by atoms with Crippen molar-refractivity contribution in [2.24, 2.45) is 0 Å².